The molecular weight excluding hydrogens is 396 g/mol. The summed E-state index contributed by atoms with van der Waals surface area (Å²) >= 11 is 1.75. The minimum atomic E-state index is -0.0593. The first-order chi connectivity index (χ1) is 14.7. The van der Waals surface area contributed by atoms with Crippen molar-refractivity contribution in [1.29, 1.82) is 0 Å². The van der Waals surface area contributed by atoms with E-state index >= 15 is 0 Å². The molecule has 0 saturated carbocycles. The lowest BCUT2D eigenvalue weighted by molar-refractivity contribution is 0.0793. The van der Waals surface area contributed by atoms with Crippen LogP contribution >= 0.6 is 11.3 Å². The lowest BCUT2D eigenvalue weighted by atomic mass is 10.1. The number of rotatable bonds is 8. The molecule has 2 amide bonds. The van der Waals surface area contributed by atoms with Gasteiger partial charge >= 0.3 is 6.03 Å². The van der Waals surface area contributed by atoms with E-state index < -0.39 is 0 Å². The molecule has 30 heavy (non-hydrogen) atoms. The third-order valence-corrected chi connectivity index (χ3v) is 6.53. The van der Waals surface area contributed by atoms with Gasteiger partial charge in [0.25, 0.3) is 0 Å². The Morgan fingerprint density at radius 1 is 1.20 bits per heavy atom. The number of para-hydroxylation sites is 1. The van der Waals surface area contributed by atoms with Crippen LogP contribution in [0.3, 0.4) is 0 Å². The number of nitrogens with zero attached hydrogens (tertiary/aromatic N) is 1. The first-order valence-corrected chi connectivity index (χ1v) is 11.3. The molecule has 3 aromatic rings. The van der Waals surface area contributed by atoms with Crippen LogP contribution in [0.1, 0.15) is 24.0 Å². The maximum absolute atomic E-state index is 13.0. The summed E-state index contributed by atoms with van der Waals surface area (Å²) in [6.45, 7) is 2.47. The summed E-state index contributed by atoms with van der Waals surface area (Å²) in [5.41, 5.74) is 2.28. The van der Waals surface area contributed by atoms with E-state index in [4.69, 9.17) is 9.47 Å². The summed E-state index contributed by atoms with van der Waals surface area (Å²) in [6.07, 6.45) is 2.97. The average Bonchev–Trinajstić information content (AvgIpc) is 3.44. The van der Waals surface area contributed by atoms with E-state index in [1.165, 1.54) is 15.6 Å². The fraction of sp³-hybridized carbons (Fsp3) is 0.375. The van der Waals surface area contributed by atoms with E-state index in [1.54, 1.807) is 18.4 Å². The van der Waals surface area contributed by atoms with Gasteiger partial charge in [-0.1, -0.05) is 36.4 Å². The molecule has 1 atom stereocenters. The van der Waals surface area contributed by atoms with Crippen molar-refractivity contribution in [3.05, 3.63) is 65.0 Å². The van der Waals surface area contributed by atoms with Gasteiger partial charge in [0.15, 0.2) is 0 Å². The Bertz CT molecular complexity index is 981. The number of ether oxygens (including phenoxy) is 2. The predicted octanol–water partition coefficient (Wildman–Crippen LogP) is 4.84. The smallest absolute Gasteiger partial charge is 0.317 e. The highest BCUT2D eigenvalue weighted by Crippen LogP contribution is 2.26. The number of carbonyl (C=O) groups is 1. The molecule has 5 nitrogen and oxygen atoms in total. The Morgan fingerprint density at radius 2 is 2.03 bits per heavy atom. The standard InChI is InChI=1S/C24H28N2O3S/c1-28-22-10-4-2-7-18(22)15-26(16-20-8-6-14-29-20)24(27)25-13-12-19-17-30-23-11-5-3-9-21(19)23/h2-5,7,9-11,17,20H,6,8,12-16H2,1H3,(H,25,27). The number of fused-ring (bicyclic) bond motifs is 1. The van der Waals surface area contributed by atoms with Crippen LogP contribution in [-0.4, -0.2) is 43.8 Å². The summed E-state index contributed by atoms with van der Waals surface area (Å²) in [5.74, 6) is 0.799. The first kappa shape index (κ1) is 20.7. The molecule has 2 heterocycles. The van der Waals surface area contributed by atoms with Crippen LogP contribution in [0.2, 0.25) is 0 Å². The van der Waals surface area contributed by atoms with Crippen LogP contribution in [0.15, 0.2) is 53.9 Å². The molecule has 4 rings (SSSR count). The number of nitrogens with one attached hydrogen (secondary N) is 1. The molecule has 1 unspecified atom stereocenters. The lowest BCUT2D eigenvalue weighted by Crippen LogP contribution is -2.43. The molecule has 1 fully saturated rings. The van der Waals surface area contributed by atoms with Crippen LogP contribution in [0.25, 0.3) is 10.1 Å². The molecule has 1 N–H and O–H groups in total. The monoisotopic (exact) mass is 424 g/mol. The number of methoxy groups -OCH3 is 1. The molecule has 2 aromatic carbocycles. The maximum Gasteiger partial charge on any atom is 0.317 e. The molecule has 0 aliphatic carbocycles. The zero-order chi connectivity index (χ0) is 20.8. The average molecular weight is 425 g/mol. The summed E-state index contributed by atoms with van der Waals surface area (Å²) in [5, 5.41) is 6.58. The zero-order valence-corrected chi connectivity index (χ0v) is 18.1. The third kappa shape index (κ3) is 4.94. The van der Waals surface area contributed by atoms with Crippen molar-refractivity contribution < 1.29 is 14.3 Å². The van der Waals surface area contributed by atoms with E-state index in [1.807, 2.05) is 29.2 Å². The molecule has 0 spiro atoms. The molecule has 1 saturated heterocycles. The van der Waals surface area contributed by atoms with Crippen molar-refractivity contribution >= 4 is 27.5 Å². The summed E-state index contributed by atoms with van der Waals surface area (Å²) in [4.78, 5) is 14.9. The number of amides is 2. The van der Waals surface area contributed by atoms with Gasteiger partial charge < -0.3 is 19.7 Å². The predicted molar refractivity (Wildman–Crippen MR) is 121 cm³/mol. The van der Waals surface area contributed by atoms with Crippen LogP contribution in [0.4, 0.5) is 4.79 Å². The lowest BCUT2D eigenvalue weighted by Gasteiger charge is -2.26. The SMILES string of the molecule is COc1ccccc1CN(CC1CCCO1)C(=O)NCCc1csc2ccccc12. The van der Waals surface area contributed by atoms with Gasteiger partial charge in [-0.3, -0.25) is 0 Å². The number of hydrogen-bond acceptors (Lipinski definition) is 4. The normalized spacial score (nSPS) is 16.0. The highest BCUT2D eigenvalue weighted by molar-refractivity contribution is 7.17. The minimum absolute atomic E-state index is 0.0593. The largest absolute Gasteiger partial charge is 0.496 e. The van der Waals surface area contributed by atoms with Crippen LogP contribution in [-0.2, 0) is 17.7 Å². The van der Waals surface area contributed by atoms with E-state index in [0.717, 1.165) is 37.2 Å². The van der Waals surface area contributed by atoms with Gasteiger partial charge in [-0.15, -0.1) is 11.3 Å². The van der Waals surface area contributed by atoms with Gasteiger partial charge in [0.2, 0.25) is 0 Å². The van der Waals surface area contributed by atoms with Gasteiger partial charge in [-0.05, 0) is 47.7 Å². The Morgan fingerprint density at radius 3 is 2.87 bits per heavy atom. The number of benzene rings is 2. The van der Waals surface area contributed by atoms with Crippen LogP contribution in [0.5, 0.6) is 5.75 Å². The fourth-order valence-electron chi connectivity index (χ4n) is 3.93. The van der Waals surface area contributed by atoms with Gasteiger partial charge in [-0.2, -0.15) is 0 Å². The van der Waals surface area contributed by atoms with E-state index in [2.05, 4.69) is 35.0 Å². The summed E-state index contributed by atoms with van der Waals surface area (Å²) in [7, 11) is 1.66. The highest BCUT2D eigenvalue weighted by Gasteiger charge is 2.23. The van der Waals surface area contributed by atoms with Crippen LogP contribution in [0, 0.1) is 0 Å². The van der Waals surface area contributed by atoms with Gasteiger partial charge in [-0.25, -0.2) is 4.79 Å². The molecule has 1 aromatic heterocycles. The highest BCUT2D eigenvalue weighted by atomic mass is 32.1. The van der Waals surface area contributed by atoms with Gasteiger partial charge in [0.05, 0.1) is 19.8 Å². The van der Waals surface area contributed by atoms with E-state index in [9.17, 15) is 4.79 Å². The van der Waals surface area contributed by atoms with E-state index in [0.29, 0.717) is 19.6 Å². The van der Waals surface area contributed by atoms with Crippen LogP contribution < -0.4 is 10.1 Å². The Labute approximate surface area is 181 Å². The number of thiophene rings is 1. The van der Waals surface area contributed by atoms with Crippen molar-refractivity contribution in [3.63, 3.8) is 0 Å². The molecule has 1 aliphatic heterocycles. The molecule has 0 radical (unpaired) electrons. The Kier molecular flexibility index (Phi) is 6.87. The second-order valence-corrected chi connectivity index (χ2v) is 8.48. The van der Waals surface area contributed by atoms with Crippen molar-refractivity contribution in [3.8, 4) is 5.75 Å². The number of carbonyl (C=O) groups excluding carboxylic acids is 1. The zero-order valence-electron chi connectivity index (χ0n) is 17.3. The van der Waals surface area contributed by atoms with Crippen molar-refractivity contribution in [2.75, 3.05) is 26.8 Å². The van der Waals surface area contributed by atoms with Crippen molar-refractivity contribution in [2.24, 2.45) is 0 Å². The topological polar surface area (TPSA) is 50.8 Å². The van der Waals surface area contributed by atoms with Gasteiger partial charge in [0, 0.05) is 30.0 Å². The molecule has 6 heteroatoms. The number of hydrogen-bond donors (Lipinski definition) is 1. The molecule has 1 aliphatic rings. The quantitative estimate of drug-likeness (QED) is 0.563. The second-order valence-electron chi connectivity index (χ2n) is 7.57. The Hall–Kier alpha value is -2.57. The van der Waals surface area contributed by atoms with E-state index in [-0.39, 0.29) is 12.1 Å². The van der Waals surface area contributed by atoms with Gasteiger partial charge in [0.1, 0.15) is 5.75 Å². The molecule has 158 valence electrons. The number of urea groups is 1. The van der Waals surface area contributed by atoms with Crippen molar-refractivity contribution in [2.45, 2.75) is 31.9 Å². The Balaban J connectivity index is 1.40. The third-order valence-electron chi connectivity index (χ3n) is 5.52. The second kappa shape index (κ2) is 9.96. The summed E-state index contributed by atoms with van der Waals surface area (Å²) in [6, 6.07) is 16.2. The summed E-state index contributed by atoms with van der Waals surface area (Å²) < 4.78 is 12.6. The minimum Gasteiger partial charge on any atom is -0.496 e. The molecular formula is C24H28N2O3S. The maximum atomic E-state index is 13.0. The fourth-order valence-corrected chi connectivity index (χ4v) is 4.93. The molecule has 0 bridgehead atoms. The first-order valence-electron chi connectivity index (χ1n) is 10.5. The van der Waals surface area contributed by atoms with Crippen molar-refractivity contribution in [1.82, 2.24) is 10.2 Å².